The summed E-state index contributed by atoms with van der Waals surface area (Å²) in [7, 11) is 0. The quantitative estimate of drug-likeness (QED) is 0.719. The van der Waals surface area contributed by atoms with E-state index in [1.54, 1.807) is 0 Å². The molecule has 4 nitrogen and oxygen atoms in total. The number of hydrogen-bond acceptors (Lipinski definition) is 2. The number of amides is 1. The number of rotatable bonds is 6. The van der Waals surface area contributed by atoms with E-state index in [4.69, 9.17) is 4.74 Å². The highest BCUT2D eigenvalue weighted by Gasteiger charge is 2.14. The number of para-hydroxylation sites is 1. The molecule has 0 radical (unpaired) electrons. The second-order valence-corrected chi connectivity index (χ2v) is 7.49. The molecule has 3 aromatic rings. The molecule has 0 unspecified atom stereocenters. The maximum atomic E-state index is 12.3. The summed E-state index contributed by atoms with van der Waals surface area (Å²) in [6.07, 6.45) is 4.41. The van der Waals surface area contributed by atoms with Crippen molar-refractivity contribution in [3.8, 4) is 5.75 Å². The van der Waals surface area contributed by atoms with E-state index < -0.39 is 0 Å². The number of carbonyl (C=O) groups is 1. The summed E-state index contributed by atoms with van der Waals surface area (Å²) in [5.74, 6) is 1.03. The third-order valence-corrected chi connectivity index (χ3v) is 5.21. The first kappa shape index (κ1) is 17.7. The highest BCUT2D eigenvalue weighted by Crippen LogP contribution is 2.26. The van der Waals surface area contributed by atoms with Crippen molar-refractivity contribution >= 4 is 16.8 Å². The van der Waals surface area contributed by atoms with Crippen LogP contribution in [0.4, 0.5) is 0 Å². The molecule has 140 valence electrons. The molecular formula is C23H26N2O2. The van der Waals surface area contributed by atoms with Gasteiger partial charge < -0.3 is 14.6 Å². The number of nitrogens with one attached hydrogen (secondary N) is 1. The van der Waals surface area contributed by atoms with E-state index in [-0.39, 0.29) is 5.91 Å². The molecule has 1 amide bonds. The zero-order chi connectivity index (χ0) is 18.8. The molecule has 4 rings (SSSR count). The Hall–Kier alpha value is -2.75. The first-order valence-corrected chi connectivity index (χ1v) is 9.71. The predicted octanol–water partition coefficient (Wildman–Crippen LogP) is 4.06. The Morgan fingerprint density at radius 3 is 2.93 bits per heavy atom. The van der Waals surface area contributed by atoms with Crippen LogP contribution in [0.2, 0.25) is 0 Å². The summed E-state index contributed by atoms with van der Waals surface area (Å²) in [5, 5.41) is 4.35. The van der Waals surface area contributed by atoms with Crippen LogP contribution in [0.3, 0.4) is 0 Å². The second kappa shape index (κ2) is 7.47. The van der Waals surface area contributed by atoms with Crippen LogP contribution in [0.5, 0.6) is 5.75 Å². The molecule has 27 heavy (non-hydrogen) atoms. The van der Waals surface area contributed by atoms with Gasteiger partial charge in [0.2, 0.25) is 5.91 Å². The maximum Gasteiger partial charge on any atom is 0.224 e. The standard InChI is InChI=1S/C23H26N2O2/c1-16(2)25-15-19(20-5-3-4-6-21(20)25)9-11-24-23(26)14-17-7-8-22-18(13-17)10-12-27-22/h3-8,13,15-16H,9-12,14H2,1-2H3,(H,24,26). The van der Waals surface area contributed by atoms with Crippen molar-refractivity contribution in [2.24, 2.45) is 0 Å². The lowest BCUT2D eigenvalue weighted by atomic mass is 10.1. The number of aromatic nitrogens is 1. The summed E-state index contributed by atoms with van der Waals surface area (Å²) in [4.78, 5) is 12.3. The Morgan fingerprint density at radius 2 is 2.07 bits per heavy atom. The molecule has 0 spiro atoms. The molecule has 0 saturated carbocycles. The number of nitrogens with zero attached hydrogens (tertiary/aromatic N) is 1. The van der Waals surface area contributed by atoms with E-state index in [0.29, 0.717) is 19.0 Å². The summed E-state index contributed by atoms with van der Waals surface area (Å²) in [6, 6.07) is 15.0. The minimum absolute atomic E-state index is 0.0708. The summed E-state index contributed by atoms with van der Waals surface area (Å²) >= 11 is 0. The van der Waals surface area contributed by atoms with Crippen molar-refractivity contribution in [3.63, 3.8) is 0 Å². The fourth-order valence-electron chi connectivity index (χ4n) is 3.84. The first-order valence-electron chi connectivity index (χ1n) is 9.71. The van der Waals surface area contributed by atoms with E-state index in [2.05, 4.69) is 60.3 Å². The molecule has 1 aliphatic heterocycles. The van der Waals surface area contributed by atoms with Gasteiger partial charge in [0, 0.05) is 36.1 Å². The van der Waals surface area contributed by atoms with Gasteiger partial charge in [-0.05, 0) is 49.1 Å². The highest BCUT2D eigenvalue weighted by molar-refractivity contribution is 5.84. The van der Waals surface area contributed by atoms with Crippen LogP contribution in [0.15, 0.2) is 48.7 Å². The average molecular weight is 362 g/mol. The lowest BCUT2D eigenvalue weighted by Crippen LogP contribution is -2.27. The van der Waals surface area contributed by atoms with Crippen LogP contribution in [0.1, 0.15) is 36.6 Å². The minimum atomic E-state index is 0.0708. The number of ether oxygens (including phenoxy) is 1. The number of fused-ring (bicyclic) bond motifs is 2. The Bertz CT molecular complexity index is 972. The first-order chi connectivity index (χ1) is 13.1. The third kappa shape index (κ3) is 3.70. The lowest BCUT2D eigenvalue weighted by Gasteiger charge is -2.08. The van der Waals surface area contributed by atoms with Crippen LogP contribution in [-0.4, -0.2) is 23.6 Å². The smallest absolute Gasteiger partial charge is 0.224 e. The van der Waals surface area contributed by atoms with E-state index in [1.807, 2.05) is 12.1 Å². The molecule has 0 bridgehead atoms. The average Bonchev–Trinajstić information content (AvgIpc) is 3.26. The Labute approximate surface area is 160 Å². The van der Waals surface area contributed by atoms with Gasteiger partial charge in [0.05, 0.1) is 13.0 Å². The highest BCUT2D eigenvalue weighted by atomic mass is 16.5. The largest absolute Gasteiger partial charge is 0.493 e. The third-order valence-electron chi connectivity index (χ3n) is 5.21. The van der Waals surface area contributed by atoms with Gasteiger partial charge in [0.15, 0.2) is 0 Å². The second-order valence-electron chi connectivity index (χ2n) is 7.49. The molecule has 2 aromatic carbocycles. The van der Waals surface area contributed by atoms with Gasteiger partial charge >= 0.3 is 0 Å². The normalized spacial score (nSPS) is 13.0. The van der Waals surface area contributed by atoms with Gasteiger partial charge in [-0.2, -0.15) is 0 Å². The number of carbonyl (C=O) groups excluding carboxylic acids is 1. The Kier molecular flexibility index (Phi) is 4.88. The van der Waals surface area contributed by atoms with Crippen LogP contribution < -0.4 is 10.1 Å². The minimum Gasteiger partial charge on any atom is -0.493 e. The molecule has 1 aromatic heterocycles. The Balaban J connectivity index is 1.37. The van der Waals surface area contributed by atoms with Crippen molar-refractivity contribution in [1.82, 2.24) is 9.88 Å². The van der Waals surface area contributed by atoms with Crippen LogP contribution >= 0.6 is 0 Å². The molecule has 0 fully saturated rings. The molecule has 1 aliphatic rings. The van der Waals surface area contributed by atoms with Crippen molar-refractivity contribution in [1.29, 1.82) is 0 Å². The van der Waals surface area contributed by atoms with Crippen LogP contribution in [0.25, 0.3) is 10.9 Å². The molecule has 1 N–H and O–H groups in total. The van der Waals surface area contributed by atoms with Crippen molar-refractivity contribution in [3.05, 3.63) is 65.4 Å². The van der Waals surface area contributed by atoms with Gasteiger partial charge in [-0.1, -0.05) is 30.3 Å². The van der Waals surface area contributed by atoms with E-state index >= 15 is 0 Å². The van der Waals surface area contributed by atoms with Gasteiger partial charge in [-0.25, -0.2) is 0 Å². The number of benzene rings is 2. The van der Waals surface area contributed by atoms with Crippen molar-refractivity contribution in [2.75, 3.05) is 13.2 Å². The molecule has 0 aliphatic carbocycles. The SMILES string of the molecule is CC(C)n1cc(CCNC(=O)Cc2ccc3c(c2)CCO3)c2ccccc21. The summed E-state index contributed by atoms with van der Waals surface area (Å²) in [6.45, 7) is 5.78. The van der Waals surface area contributed by atoms with Crippen molar-refractivity contribution < 1.29 is 9.53 Å². The molecular weight excluding hydrogens is 336 g/mol. The molecule has 2 heterocycles. The van der Waals surface area contributed by atoms with Crippen molar-refractivity contribution in [2.45, 2.75) is 39.2 Å². The van der Waals surface area contributed by atoms with Crippen LogP contribution in [-0.2, 0) is 24.1 Å². The van der Waals surface area contributed by atoms with E-state index in [1.165, 1.54) is 22.0 Å². The van der Waals surface area contributed by atoms with Crippen LogP contribution in [0, 0.1) is 0 Å². The van der Waals surface area contributed by atoms with Gasteiger partial charge in [0.1, 0.15) is 5.75 Å². The van der Waals surface area contributed by atoms with E-state index in [0.717, 1.165) is 30.8 Å². The zero-order valence-electron chi connectivity index (χ0n) is 16.0. The fourth-order valence-corrected chi connectivity index (χ4v) is 3.84. The van der Waals surface area contributed by atoms with Gasteiger partial charge in [-0.15, -0.1) is 0 Å². The van der Waals surface area contributed by atoms with Gasteiger partial charge in [-0.3, -0.25) is 4.79 Å². The maximum absolute atomic E-state index is 12.3. The topological polar surface area (TPSA) is 43.3 Å². The lowest BCUT2D eigenvalue weighted by molar-refractivity contribution is -0.120. The molecule has 0 atom stereocenters. The molecule has 4 heteroatoms. The zero-order valence-corrected chi connectivity index (χ0v) is 16.0. The monoisotopic (exact) mass is 362 g/mol. The fraction of sp³-hybridized carbons (Fsp3) is 0.348. The summed E-state index contributed by atoms with van der Waals surface area (Å²) < 4.78 is 7.83. The van der Waals surface area contributed by atoms with Gasteiger partial charge in [0.25, 0.3) is 0 Å². The molecule has 0 saturated heterocycles. The predicted molar refractivity (Wildman–Crippen MR) is 108 cm³/mol. The number of hydrogen-bond donors (Lipinski definition) is 1. The van der Waals surface area contributed by atoms with E-state index in [9.17, 15) is 4.79 Å². The Morgan fingerprint density at radius 1 is 1.22 bits per heavy atom. The summed E-state index contributed by atoms with van der Waals surface area (Å²) in [5.41, 5.74) is 4.80.